The highest BCUT2D eigenvalue weighted by Crippen LogP contribution is 2.35. The average molecular weight is 718 g/mol. The van der Waals surface area contributed by atoms with E-state index in [9.17, 15) is 18.0 Å². The van der Waals surface area contributed by atoms with Crippen molar-refractivity contribution in [1.82, 2.24) is 10.2 Å². The number of anilines is 1. The zero-order valence-corrected chi connectivity index (χ0v) is 28.1. The first-order valence-electron chi connectivity index (χ1n) is 13.9. The SMILES string of the molecule is CCNC(=O)[C@H](Cc1ccccc1)N(Cc1ccc(Br)cc1)C(=O)CN(c1cccc(Cl)c1Cl)S(=O)(=O)c1ccc(C)cc1. The number of likely N-dealkylation sites (N-methyl/N-ethyl adjacent to an activating group) is 1. The van der Waals surface area contributed by atoms with Crippen LogP contribution in [0.2, 0.25) is 10.0 Å². The fourth-order valence-electron chi connectivity index (χ4n) is 4.67. The summed E-state index contributed by atoms with van der Waals surface area (Å²) in [4.78, 5) is 29.4. The predicted molar refractivity (Wildman–Crippen MR) is 179 cm³/mol. The first-order chi connectivity index (χ1) is 21.0. The lowest BCUT2D eigenvalue weighted by Crippen LogP contribution is -2.53. The van der Waals surface area contributed by atoms with Crippen LogP contribution in [0.1, 0.15) is 23.6 Å². The van der Waals surface area contributed by atoms with Gasteiger partial charge in [0.1, 0.15) is 12.6 Å². The molecule has 11 heteroatoms. The van der Waals surface area contributed by atoms with Crippen LogP contribution in [0.3, 0.4) is 0 Å². The smallest absolute Gasteiger partial charge is 0.264 e. The molecule has 0 unspecified atom stereocenters. The van der Waals surface area contributed by atoms with Gasteiger partial charge in [-0.15, -0.1) is 0 Å². The normalized spacial score (nSPS) is 11.9. The van der Waals surface area contributed by atoms with Gasteiger partial charge in [-0.05, 0) is 61.4 Å². The van der Waals surface area contributed by atoms with Crippen LogP contribution in [0.4, 0.5) is 5.69 Å². The lowest BCUT2D eigenvalue weighted by Gasteiger charge is -2.34. The van der Waals surface area contributed by atoms with Gasteiger partial charge in [0.25, 0.3) is 10.0 Å². The van der Waals surface area contributed by atoms with Crippen LogP contribution in [0, 0.1) is 6.92 Å². The van der Waals surface area contributed by atoms with Crippen molar-refractivity contribution >= 4 is 66.7 Å². The Morgan fingerprint density at radius 1 is 0.864 bits per heavy atom. The number of carbonyl (C=O) groups is 2. The predicted octanol–water partition coefficient (Wildman–Crippen LogP) is 7.04. The molecule has 0 bridgehead atoms. The Morgan fingerprint density at radius 2 is 1.52 bits per heavy atom. The van der Waals surface area contributed by atoms with Crippen LogP contribution in [0.15, 0.2) is 106 Å². The topological polar surface area (TPSA) is 86.8 Å². The summed E-state index contributed by atoms with van der Waals surface area (Å²) in [6, 6.07) is 26.7. The van der Waals surface area contributed by atoms with E-state index in [0.717, 1.165) is 25.5 Å². The third kappa shape index (κ3) is 8.21. The summed E-state index contributed by atoms with van der Waals surface area (Å²) in [6.07, 6.45) is 0.220. The highest BCUT2D eigenvalue weighted by atomic mass is 79.9. The molecule has 0 fully saturated rings. The number of hydrogen-bond acceptors (Lipinski definition) is 4. The second-order valence-corrected chi connectivity index (χ2v) is 13.7. The van der Waals surface area contributed by atoms with Gasteiger partial charge >= 0.3 is 0 Å². The zero-order chi connectivity index (χ0) is 31.9. The van der Waals surface area contributed by atoms with Crippen LogP contribution in [0.25, 0.3) is 0 Å². The first kappa shape index (κ1) is 33.5. The standard InChI is InChI=1S/C33H32BrCl2N3O4S/c1-3-37-33(41)30(20-24-8-5-4-6-9-24)38(21-25-14-16-26(34)17-15-25)31(40)22-39(29-11-7-10-28(35)32(29)36)44(42,43)27-18-12-23(2)13-19-27/h4-19,30H,3,20-22H2,1-2H3,(H,37,41)/t30-/m0/s1. The first-order valence-corrected chi connectivity index (χ1v) is 16.9. The van der Waals surface area contributed by atoms with E-state index in [1.54, 1.807) is 25.1 Å². The third-order valence-corrected chi connectivity index (χ3v) is 10.1. The van der Waals surface area contributed by atoms with Crippen molar-refractivity contribution < 1.29 is 18.0 Å². The molecule has 1 atom stereocenters. The molecular formula is C33H32BrCl2N3O4S. The van der Waals surface area contributed by atoms with Gasteiger partial charge in [0, 0.05) is 24.0 Å². The number of nitrogens with one attached hydrogen (secondary N) is 1. The molecule has 0 aliphatic rings. The van der Waals surface area contributed by atoms with Crippen molar-refractivity contribution in [3.8, 4) is 0 Å². The summed E-state index contributed by atoms with van der Waals surface area (Å²) < 4.78 is 30.1. The van der Waals surface area contributed by atoms with E-state index in [-0.39, 0.29) is 39.5 Å². The van der Waals surface area contributed by atoms with Crippen LogP contribution >= 0.6 is 39.1 Å². The number of benzene rings is 4. The second-order valence-electron chi connectivity index (χ2n) is 10.1. The van der Waals surface area contributed by atoms with Gasteiger partial charge in [-0.3, -0.25) is 13.9 Å². The molecule has 0 saturated heterocycles. The van der Waals surface area contributed by atoms with E-state index >= 15 is 0 Å². The Labute approximate surface area is 277 Å². The highest BCUT2D eigenvalue weighted by molar-refractivity contribution is 9.10. The number of hydrogen-bond donors (Lipinski definition) is 1. The van der Waals surface area contributed by atoms with E-state index in [4.69, 9.17) is 23.2 Å². The number of carbonyl (C=O) groups excluding carboxylic acids is 2. The Hall–Kier alpha value is -3.37. The summed E-state index contributed by atoms with van der Waals surface area (Å²) in [5, 5.41) is 2.97. The van der Waals surface area contributed by atoms with Gasteiger partial charge in [-0.2, -0.15) is 0 Å². The van der Waals surface area contributed by atoms with E-state index in [1.165, 1.54) is 29.2 Å². The molecule has 0 aliphatic carbocycles. The van der Waals surface area contributed by atoms with Crippen molar-refractivity contribution in [1.29, 1.82) is 0 Å². The molecular weight excluding hydrogens is 685 g/mol. The van der Waals surface area contributed by atoms with Crippen LogP contribution in [-0.4, -0.2) is 44.3 Å². The Balaban J connectivity index is 1.82. The van der Waals surface area contributed by atoms with Gasteiger partial charge in [0.15, 0.2) is 0 Å². The monoisotopic (exact) mass is 715 g/mol. The molecule has 0 radical (unpaired) electrons. The van der Waals surface area contributed by atoms with Crippen molar-refractivity contribution in [2.45, 2.75) is 37.8 Å². The number of aryl methyl sites for hydroxylation is 1. The van der Waals surface area contributed by atoms with Crippen molar-refractivity contribution in [2.24, 2.45) is 0 Å². The summed E-state index contributed by atoms with van der Waals surface area (Å²) in [7, 11) is -4.30. The maximum Gasteiger partial charge on any atom is 0.264 e. The molecule has 0 spiro atoms. The molecule has 4 rings (SSSR count). The number of rotatable bonds is 12. The average Bonchev–Trinajstić information content (AvgIpc) is 3.01. The van der Waals surface area contributed by atoms with Gasteiger partial charge in [0.05, 0.1) is 20.6 Å². The molecule has 0 heterocycles. The van der Waals surface area contributed by atoms with Crippen molar-refractivity contribution in [3.05, 3.63) is 128 Å². The van der Waals surface area contributed by atoms with Gasteiger partial charge in [-0.25, -0.2) is 8.42 Å². The molecule has 0 aromatic heterocycles. The highest BCUT2D eigenvalue weighted by Gasteiger charge is 2.35. The lowest BCUT2D eigenvalue weighted by molar-refractivity contribution is -0.140. The van der Waals surface area contributed by atoms with Crippen LogP contribution in [-0.2, 0) is 32.6 Å². The minimum absolute atomic E-state index is 0.0123. The molecule has 4 aromatic rings. The molecule has 0 saturated carbocycles. The maximum absolute atomic E-state index is 14.4. The Morgan fingerprint density at radius 3 is 2.16 bits per heavy atom. The van der Waals surface area contributed by atoms with Gasteiger partial charge in [0.2, 0.25) is 11.8 Å². The minimum atomic E-state index is -4.30. The third-order valence-electron chi connectivity index (χ3n) is 6.98. The van der Waals surface area contributed by atoms with E-state index in [0.29, 0.717) is 6.54 Å². The molecule has 2 amide bonds. The largest absolute Gasteiger partial charge is 0.355 e. The molecule has 0 aliphatic heterocycles. The summed E-state index contributed by atoms with van der Waals surface area (Å²) in [5.41, 5.74) is 2.53. The molecule has 1 N–H and O–H groups in total. The number of halogens is 3. The minimum Gasteiger partial charge on any atom is -0.355 e. The van der Waals surface area contributed by atoms with Crippen LogP contribution in [0.5, 0.6) is 0 Å². The number of nitrogens with zero attached hydrogens (tertiary/aromatic N) is 2. The van der Waals surface area contributed by atoms with Crippen LogP contribution < -0.4 is 9.62 Å². The zero-order valence-electron chi connectivity index (χ0n) is 24.2. The summed E-state index contributed by atoms with van der Waals surface area (Å²) in [6.45, 7) is 3.44. The molecule has 44 heavy (non-hydrogen) atoms. The maximum atomic E-state index is 14.4. The van der Waals surface area contributed by atoms with E-state index in [1.807, 2.05) is 61.5 Å². The lowest BCUT2D eigenvalue weighted by atomic mass is 10.0. The second kappa shape index (κ2) is 15.1. The molecule has 230 valence electrons. The van der Waals surface area contributed by atoms with Crippen molar-refractivity contribution in [3.63, 3.8) is 0 Å². The Kier molecular flexibility index (Phi) is 11.5. The summed E-state index contributed by atoms with van der Waals surface area (Å²) >= 11 is 16.3. The van der Waals surface area contributed by atoms with Crippen molar-refractivity contribution in [2.75, 3.05) is 17.4 Å². The van der Waals surface area contributed by atoms with Gasteiger partial charge in [-0.1, -0.05) is 105 Å². The number of amides is 2. The Bertz CT molecular complexity index is 1700. The van der Waals surface area contributed by atoms with E-state index in [2.05, 4.69) is 21.2 Å². The van der Waals surface area contributed by atoms with Gasteiger partial charge < -0.3 is 10.2 Å². The number of sulfonamides is 1. The molecule has 7 nitrogen and oxygen atoms in total. The summed E-state index contributed by atoms with van der Waals surface area (Å²) in [5.74, 6) is -0.942. The fraction of sp³-hybridized carbons (Fsp3) is 0.212. The quantitative estimate of drug-likeness (QED) is 0.171. The van der Waals surface area contributed by atoms with E-state index < -0.39 is 28.5 Å². The molecule has 4 aromatic carbocycles. The fourth-order valence-corrected chi connectivity index (χ4v) is 6.81.